The van der Waals surface area contributed by atoms with Gasteiger partial charge in [0.2, 0.25) is 0 Å². The molecule has 0 bridgehead atoms. The van der Waals surface area contributed by atoms with Crippen molar-refractivity contribution in [2.45, 2.75) is 6.54 Å². The topological polar surface area (TPSA) is 68.3 Å². The average molecular weight is 192 g/mol. The van der Waals surface area contributed by atoms with Crippen LogP contribution in [-0.2, 0) is 11.3 Å². The maximum absolute atomic E-state index is 10.4. The summed E-state index contributed by atoms with van der Waals surface area (Å²) in [5.41, 5.74) is 0.774. The molecule has 2 aromatic rings. The monoisotopic (exact) mass is 192 g/mol. The van der Waals surface area contributed by atoms with E-state index in [9.17, 15) is 4.79 Å². The Balaban J connectivity index is 2.22. The first-order chi connectivity index (χ1) is 6.75. The van der Waals surface area contributed by atoms with E-state index >= 15 is 0 Å². The average Bonchev–Trinajstić information content (AvgIpc) is 2.69. The Hall–Kier alpha value is -2.04. The van der Waals surface area contributed by atoms with Crippen molar-refractivity contribution in [3.63, 3.8) is 0 Å². The van der Waals surface area contributed by atoms with Crippen LogP contribution in [0.25, 0.3) is 11.3 Å². The van der Waals surface area contributed by atoms with Crippen molar-refractivity contribution in [2.75, 3.05) is 0 Å². The summed E-state index contributed by atoms with van der Waals surface area (Å²) in [5.74, 6) is -0.235. The number of hydrogen-bond acceptors (Lipinski definition) is 3. The summed E-state index contributed by atoms with van der Waals surface area (Å²) in [6.45, 7) is -0.138. The molecule has 0 fully saturated rings. The zero-order valence-electron chi connectivity index (χ0n) is 7.25. The van der Waals surface area contributed by atoms with Crippen molar-refractivity contribution in [1.82, 2.24) is 9.78 Å². The number of carboxylic acid groups (broad SMARTS) is 1. The highest BCUT2D eigenvalue weighted by Crippen LogP contribution is 2.18. The number of nitrogens with zero attached hydrogens (tertiary/aromatic N) is 2. The molecule has 0 unspecified atom stereocenters. The predicted octanol–water partition coefficient (Wildman–Crippen LogP) is 1.23. The second-order valence-electron chi connectivity index (χ2n) is 2.80. The molecule has 0 aliphatic rings. The zero-order valence-corrected chi connectivity index (χ0v) is 7.25. The molecule has 72 valence electrons. The fourth-order valence-electron chi connectivity index (χ4n) is 1.16. The molecule has 1 N–H and O–H groups in total. The summed E-state index contributed by atoms with van der Waals surface area (Å²) < 4.78 is 6.48. The standard InChI is InChI=1S/C9H8N2O3/c12-9(13)6-11-5-7(4-10-11)8-2-1-3-14-8/h1-5H,6H2,(H,12,13). The van der Waals surface area contributed by atoms with E-state index in [0.717, 1.165) is 5.56 Å². The molecule has 0 aromatic carbocycles. The van der Waals surface area contributed by atoms with Crippen molar-refractivity contribution >= 4 is 5.97 Å². The Bertz CT molecular complexity index is 431. The van der Waals surface area contributed by atoms with E-state index in [2.05, 4.69) is 5.10 Å². The van der Waals surface area contributed by atoms with E-state index in [-0.39, 0.29) is 6.54 Å². The van der Waals surface area contributed by atoms with Crippen molar-refractivity contribution in [2.24, 2.45) is 0 Å². The summed E-state index contributed by atoms with van der Waals surface area (Å²) in [7, 11) is 0. The molecule has 5 heteroatoms. The minimum atomic E-state index is -0.918. The summed E-state index contributed by atoms with van der Waals surface area (Å²) >= 11 is 0. The van der Waals surface area contributed by atoms with E-state index in [1.54, 1.807) is 30.8 Å². The van der Waals surface area contributed by atoms with Crippen LogP contribution in [-0.4, -0.2) is 20.9 Å². The van der Waals surface area contributed by atoms with Crippen molar-refractivity contribution in [3.05, 3.63) is 30.8 Å². The third-order valence-corrected chi connectivity index (χ3v) is 1.74. The molecular weight excluding hydrogens is 184 g/mol. The van der Waals surface area contributed by atoms with E-state index in [1.807, 2.05) is 0 Å². The zero-order chi connectivity index (χ0) is 9.97. The van der Waals surface area contributed by atoms with Crippen LogP contribution in [0.5, 0.6) is 0 Å². The van der Waals surface area contributed by atoms with Gasteiger partial charge in [-0.25, -0.2) is 0 Å². The number of carboxylic acids is 1. The number of aromatic nitrogens is 2. The van der Waals surface area contributed by atoms with Gasteiger partial charge in [0, 0.05) is 6.20 Å². The first-order valence-corrected chi connectivity index (χ1v) is 4.04. The largest absolute Gasteiger partial charge is 0.480 e. The molecule has 14 heavy (non-hydrogen) atoms. The van der Waals surface area contributed by atoms with E-state index < -0.39 is 5.97 Å². The molecule has 0 saturated heterocycles. The van der Waals surface area contributed by atoms with E-state index in [1.165, 1.54) is 4.68 Å². The van der Waals surface area contributed by atoms with Gasteiger partial charge in [0.15, 0.2) is 0 Å². The van der Waals surface area contributed by atoms with Crippen LogP contribution < -0.4 is 0 Å². The lowest BCUT2D eigenvalue weighted by Gasteiger charge is -1.92. The quantitative estimate of drug-likeness (QED) is 0.794. The smallest absolute Gasteiger partial charge is 0.325 e. The van der Waals surface area contributed by atoms with Gasteiger partial charge in [-0.15, -0.1) is 0 Å². The maximum atomic E-state index is 10.4. The molecule has 2 rings (SSSR count). The van der Waals surface area contributed by atoms with Gasteiger partial charge in [0.05, 0.1) is 18.0 Å². The summed E-state index contributed by atoms with van der Waals surface area (Å²) in [5, 5.41) is 12.4. The van der Waals surface area contributed by atoms with Crippen LogP contribution in [0.1, 0.15) is 0 Å². The highest BCUT2D eigenvalue weighted by atomic mass is 16.4. The van der Waals surface area contributed by atoms with Crippen LogP contribution in [0.2, 0.25) is 0 Å². The van der Waals surface area contributed by atoms with Crippen LogP contribution in [0.15, 0.2) is 35.2 Å². The molecule has 0 radical (unpaired) electrons. The lowest BCUT2D eigenvalue weighted by molar-refractivity contribution is -0.137. The second-order valence-corrected chi connectivity index (χ2v) is 2.80. The Morgan fingerprint density at radius 3 is 3.14 bits per heavy atom. The molecule has 0 amide bonds. The van der Waals surface area contributed by atoms with Gasteiger partial charge in [-0.05, 0) is 12.1 Å². The summed E-state index contributed by atoms with van der Waals surface area (Å²) in [4.78, 5) is 10.4. The number of carbonyl (C=O) groups is 1. The van der Waals surface area contributed by atoms with Gasteiger partial charge in [-0.3, -0.25) is 9.48 Å². The number of furan rings is 1. The lowest BCUT2D eigenvalue weighted by Crippen LogP contribution is -2.08. The molecular formula is C9H8N2O3. The van der Waals surface area contributed by atoms with Crippen LogP contribution in [0.3, 0.4) is 0 Å². The van der Waals surface area contributed by atoms with Crippen molar-refractivity contribution in [1.29, 1.82) is 0 Å². The molecule has 2 aromatic heterocycles. The minimum Gasteiger partial charge on any atom is -0.480 e. The van der Waals surface area contributed by atoms with E-state index in [0.29, 0.717) is 5.76 Å². The number of hydrogen-bond donors (Lipinski definition) is 1. The molecule has 0 atom stereocenters. The highest BCUT2D eigenvalue weighted by molar-refractivity contribution is 5.66. The fourth-order valence-corrected chi connectivity index (χ4v) is 1.16. The molecule has 0 aliphatic heterocycles. The predicted molar refractivity (Wildman–Crippen MR) is 47.6 cm³/mol. The van der Waals surface area contributed by atoms with Gasteiger partial charge < -0.3 is 9.52 Å². The summed E-state index contributed by atoms with van der Waals surface area (Å²) in [6, 6.07) is 3.56. The number of rotatable bonds is 3. The molecule has 0 aliphatic carbocycles. The third kappa shape index (κ3) is 1.66. The molecule has 0 spiro atoms. The SMILES string of the molecule is O=C(O)Cn1cc(-c2ccco2)cn1. The molecule has 0 saturated carbocycles. The first kappa shape index (κ1) is 8.55. The third-order valence-electron chi connectivity index (χ3n) is 1.74. The Labute approximate surface area is 79.6 Å². The Morgan fingerprint density at radius 2 is 2.50 bits per heavy atom. The second kappa shape index (κ2) is 3.37. The van der Waals surface area contributed by atoms with Gasteiger partial charge in [0.1, 0.15) is 12.3 Å². The number of aliphatic carboxylic acids is 1. The van der Waals surface area contributed by atoms with Gasteiger partial charge in [-0.2, -0.15) is 5.10 Å². The van der Waals surface area contributed by atoms with Gasteiger partial charge in [0.25, 0.3) is 0 Å². The fraction of sp³-hybridized carbons (Fsp3) is 0.111. The lowest BCUT2D eigenvalue weighted by atomic mass is 10.3. The van der Waals surface area contributed by atoms with Gasteiger partial charge >= 0.3 is 5.97 Å². The maximum Gasteiger partial charge on any atom is 0.325 e. The summed E-state index contributed by atoms with van der Waals surface area (Å²) in [6.07, 6.45) is 4.76. The van der Waals surface area contributed by atoms with Gasteiger partial charge in [-0.1, -0.05) is 0 Å². The Kier molecular flexibility index (Phi) is 2.06. The van der Waals surface area contributed by atoms with Crippen LogP contribution in [0.4, 0.5) is 0 Å². The molecule has 5 nitrogen and oxygen atoms in total. The van der Waals surface area contributed by atoms with Crippen LogP contribution in [0, 0.1) is 0 Å². The highest BCUT2D eigenvalue weighted by Gasteiger charge is 2.05. The van der Waals surface area contributed by atoms with Crippen molar-refractivity contribution < 1.29 is 14.3 Å². The first-order valence-electron chi connectivity index (χ1n) is 4.04. The minimum absolute atomic E-state index is 0.138. The molecule has 2 heterocycles. The normalized spacial score (nSPS) is 10.3. The van der Waals surface area contributed by atoms with Crippen LogP contribution >= 0.6 is 0 Å². The Morgan fingerprint density at radius 1 is 1.64 bits per heavy atom. The van der Waals surface area contributed by atoms with E-state index in [4.69, 9.17) is 9.52 Å². The van der Waals surface area contributed by atoms with Crippen molar-refractivity contribution in [3.8, 4) is 11.3 Å².